The number of aromatic nitrogens is 1. The first-order valence-electron chi connectivity index (χ1n) is 7.35. The lowest BCUT2D eigenvalue weighted by Crippen LogP contribution is -2.25. The predicted octanol–water partition coefficient (Wildman–Crippen LogP) is 3.66. The van der Waals surface area contributed by atoms with Crippen LogP contribution in [0.25, 0.3) is 0 Å². The number of halogens is 1. The van der Waals surface area contributed by atoms with Gasteiger partial charge >= 0.3 is 5.97 Å². The number of benzene rings is 1. The molecule has 1 aliphatic rings. The number of ether oxygens (including phenoxy) is 2. The summed E-state index contributed by atoms with van der Waals surface area (Å²) in [5, 5.41) is 13.7. The van der Waals surface area contributed by atoms with Crippen molar-refractivity contribution in [2.24, 2.45) is 0 Å². The summed E-state index contributed by atoms with van der Waals surface area (Å²) in [4.78, 5) is 11.4. The van der Waals surface area contributed by atoms with Gasteiger partial charge in [0.2, 0.25) is 0 Å². The van der Waals surface area contributed by atoms with Crippen LogP contribution in [0.5, 0.6) is 0 Å². The molecule has 0 saturated carbocycles. The number of hydrogen-bond donors (Lipinski definition) is 1. The Morgan fingerprint density at radius 2 is 2.13 bits per heavy atom. The molecule has 0 unspecified atom stereocenters. The number of rotatable bonds is 5. The number of hydrogen-bond acceptors (Lipinski definition) is 5. The second-order valence-corrected chi connectivity index (χ2v) is 5.72. The van der Waals surface area contributed by atoms with Gasteiger partial charge in [-0.15, -0.1) is 0 Å². The number of aromatic carboxylic acids is 1. The monoisotopic (exact) mass is 337 g/mol. The average Bonchev–Trinajstić information content (AvgIpc) is 3.04. The molecule has 0 radical (unpaired) electrons. The smallest absolute Gasteiger partial charge is 0.341 e. The second-order valence-electron chi connectivity index (χ2n) is 5.28. The van der Waals surface area contributed by atoms with Crippen molar-refractivity contribution in [1.82, 2.24) is 5.16 Å². The third-order valence-electron chi connectivity index (χ3n) is 3.67. The number of carbonyl (C=O) groups is 1. The van der Waals surface area contributed by atoms with E-state index in [1.165, 1.54) is 0 Å². The zero-order chi connectivity index (χ0) is 16.2. The molecule has 0 aliphatic carbocycles. The maximum Gasteiger partial charge on any atom is 0.341 e. The predicted molar refractivity (Wildman–Crippen MR) is 81.4 cm³/mol. The summed E-state index contributed by atoms with van der Waals surface area (Å²) in [6.07, 6.45) is 2.76. The molecule has 3 rings (SSSR count). The molecule has 1 N–H and O–H groups in total. The fourth-order valence-corrected chi connectivity index (χ4v) is 2.63. The van der Waals surface area contributed by atoms with E-state index in [1.807, 2.05) is 0 Å². The summed E-state index contributed by atoms with van der Waals surface area (Å²) < 4.78 is 16.4. The van der Waals surface area contributed by atoms with Crippen molar-refractivity contribution in [1.29, 1.82) is 0 Å². The van der Waals surface area contributed by atoms with Crippen molar-refractivity contribution in [2.45, 2.75) is 31.7 Å². The van der Waals surface area contributed by atoms with E-state index in [9.17, 15) is 9.90 Å². The van der Waals surface area contributed by atoms with E-state index >= 15 is 0 Å². The molecule has 2 aromatic rings. The molecule has 1 fully saturated rings. The van der Waals surface area contributed by atoms with Gasteiger partial charge in [0, 0.05) is 11.6 Å². The van der Waals surface area contributed by atoms with Crippen LogP contribution < -0.4 is 0 Å². The molecule has 2 heterocycles. The Balaban J connectivity index is 1.93. The molecule has 1 saturated heterocycles. The molecular formula is C16H16ClNO5. The van der Waals surface area contributed by atoms with Crippen LogP contribution >= 0.6 is 11.6 Å². The highest BCUT2D eigenvalue weighted by atomic mass is 35.5. The minimum absolute atomic E-state index is 0.0271. The lowest BCUT2D eigenvalue weighted by atomic mass is 10.0. The van der Waals surface area contributed by atoms with Gasteiger partial charge in [-0.2, -0.15) is 0 Å². The van der Waals surface area contributed by atoms with Crippen LogP contribution in [-0.4, -0.2) is 29.1 Å². The lowest BCUT2D eigenvalue weighted by Gasteiger charge is -2.27. The molecule has 6 nitrogen and oxygen atoms in total. The van der Waals surface area contributed by atoms with Crippen molar-refractivity contribution < 1.29 is 23.9 Å². The van der Waals surface area contributed by atoms with Gasteiger partial charge < -0.3 is 19.1 Å². The van der Waals surface area contributed by atoms with E-state index in [0.29, 0.717) is 11.6 Å². The maximum atomic E-state index is 11.4. The third kappa shape index (κ3) is 3.72. The Morgan fingerprint density at radius 1 is 1.35 bits per heavy atom. The SMILES string of the molecule is O=C(O)c1conc1[C@H](O[C@H]1CCCCO1)c1ccc(Cl)cc1. The lowest BCUT2D eigenvalue weighted by molar-refractivity contribution is -0.182. The molecule has 0 bridgehead atoms. The summed E-state index contributed by atoms with van der Waals surface area (Å²) in [6, 6.07) is 6.98. The van der Waals surface area contributed by atoms with Crippen molar-refractivity contribution >= 4 is 17.6 Å². The van der Waals surface area contributed by atoms with Gasteiger partial charge in [-0.1, -0.05) is 28.9 Å². The van der Waals surface area contributed by atoms with Gasteiger partial charge in [-0.05, 0) is 37.0 Å². The standard InChI is InChI=1S/C16H16ClNO5/c17-11-6-4-10(5-7-11)15(23-13-3-1-2-8-21-13)14-12(16(19)20)9-22-18-14/h4-7,9,13,15H,1-3,8H2,(H,19,20)/t13-,15+/m0/s1. The number of nitrogens with zero attached hydrogens (tertiary/aromatic N) is 1. The Labute approximate surface area is 137 Å². The summed E-state index contributed by atoms with van der Waals surface area (Å²) >= 11 is 5.92. The molecule has 122 valence electrons. The van der Waals surface area contributed by atoms with E-state index in [1.54, 1.807) is 24.3 Å². The summed E-state index contributed by atoms with van der Waals surface area (Å²) in [5.74, 6) is -1.12. The van der Waals surface area contributed by atoms with Crippen molar-refractivity contribution in [3.8, 4) is 0 Å². The fourth-order valence-electron chi connectivity index (χ4n) is 2.50. The van der Waals surface area contributed by atoms with Crippen LogP contribution in [0.15, 0.2) is 35.1 Å². The van der Waals surface area contributed by atoms with E-state index in [4.69, 9.17) is 25.6 Å². The molecule has 1 aromatic carbocycles. The zero-order valence-corrected chi connectivity index (χ0v) is 13.0. The van der Waals surface area contributed by atoms with E-state index in [-0.39, 0.29) is 11.3 Å². The Bertz CT molecular complexity index is 663. The first-order chi connectivity index (χ1) is 11.1. The molecule has 0 amide bonds. The van der Waals surface area contributed by atoms with E-state index in [2.05, 4.69) is 5.16 Å². The summed E-state index contributed by atoms with van der Waals surface area (Å²) in [7, 11) is 0. The van der Waals surface area contributed by atoms with Crippen LogP contribution in [0.2, 0.25) is 5.02 Å². The molecule has 1 aromatic heterocycles. The quantitative estimate of drug-likeness (QED) is 0.896. The molecule has 23 heavy (non-hydrogen) atoms. The van der Waals surface area contributed by atoms with Gasteiger partial charge in [0.25, 0.3) is 0 Å². The van der Waals surface area contributed by atoms with Gasteiger partial charge in [-0.3, -0.25) is 0 Å². The highest BCUT2D eigenvalue weighted by Gasteiger charge is 2.29. The van der Waals surface area contributed by atoms with Gasteiger partial charge in [0.05, 0.1) is 0 Å². The normalized spacial score (nSPS) is 19.4. The molecular weight excluding hydrogens is 322 g/mol. The summed E-state index contributed by atoms with van der Waals surface area (Å²) in [5.41, 5.74) is 0.926. The zero-order valence-electron chi connectivity index (χ0n) is 12.3. The maximum absolute atomic E-state index is 11.4. The third-order valence-corrected chi connectivity index (χ3v) is 3.93. The fraction of sp³-hybridized carbons (Fsp3) is 0.375. The second kappa shape index (κ2) is 7.12. The van der Waals surface area contributed by atoms with Crippen LogP contribution in [0, 0.1) is 0 Å². The first-order valence-corrected chi connectivity index (χ1v) is 7.73. The summed E-state index contributed by atoms with van der Waals surface area (Å²) in [6.45, 7) is 0.628. The van der Waals surface area contributed by atoms with Crippen molar-refractivity contribution in [2.75, 3.05) is 6.61 Å². The molecule has 2 atom stereocenters. The average molecular weight is 338 g/mol. The number of carboxylic acid groups (broad SMARTS) is 1. The van der Waals surface area contributed by atoms with Crippen molar-refractivity contribution in [3.05, 3.63) is 52.4 Å². The van der Waals surface area contributed by atoms with Gasteiger partial charge in [0.1, 0.15) is 23.6 Å². The number of carboxylic acids is 1. The van der Waals surface area contributed by atoms with Crippen LogP contribution in [0.4, 0.5) is 0 Å². The van der Waals surface area contributed by atoms with Crippen molar-refractivity contribution in [3.63, 3.8) is 0 Å². The minimum atomic E-state index is -1.12. The van der Waals surface area contributed by atoms with Gasteiger partial charge in [0.15, 0.2) is 6.29 Å². The molecule has 7 heteroatoms. The van der Waals surface area contributed by atoms with Gasteiger partial charge in [-0.25, -0.2) is 4.79 Å². The van der Waals surface area contributed by atoms with Crippen LogP contribution in [0.3, 0.4) is 0 Å². The molecule has 0 spiro atoms. The Morgan fingerprint density at radius 3 is 2.78 bits per heavy atom. The van der Waals surface area contributed by atoms with E-state index in [0.717, 1.165) is 31.1 Å². The molecule has 1 aliphatic heterocycles. The van der Waals surface area contributed by atoms with E-state index < -0.39 is 18.4 Å². The largest absolute Gasteiger partial charge is 0.478 e. The topological polar surface area (TPSA) is 81.8 Å². The first kappa shape index (κ1) is 16.0. The Hall–Kier alpha value is -1.89. The minimum Gasteiger partial charge on any atom is -0.478 e. The van der Waals surface area contributed by atoms with Crippen LogP contribution in [-0.2, 0) is 9.47 Å². The Kier molecular flexibility index (Phi) is 4.95. The van der Waals surface area contributed by atoms with Crippen LogP contribution in [0.1, 0.15) is 47.0 Å². The highest BCUT2D eigenvalue weighted by Crippen LogP contribution is 2.31. The highest BCUT2D eigenvalue weighted by molar-refractivity contribution is 6.30.